The molecule has 6 nitrogen and oxygen atoms in total. The molecule has 3 aromatic carbocycles. The van der Waals surface area contributed by atoms with Crippen LogP contribution in [0.25, 0.3) is 6.08 Å². The molecule has 0 saturated heterocycles. The average Bonchev–Trinajstić information content (AvgIpc) is 3.35. The van der Waals surface area contributed by atoms with Gasteiger partial charge in [-0.3, -0.25) is 4.79 Å². The maximum Gasteiger partial charge on any atom is 0.274 e. The summed E-state index contributed by atoms with van der Waals surface area (Å²) in [5.74, 6) is 2.41. The van der Waals surface area contributed by atoms with Crippen molar-refractivity contribution in [2.75, 3.05) is 20.3 Å². The highest BCUT2D eigenvalue weighted by atomic mass is 16.5. The van der Waals surface area contributed by atoms with Crippen LogP contribution in [0.4, 0.5) is 0 Å². The van der Waals surface area contributed by atoms with Gasteiger partial charge in [-0.2, -0.15) is 5.10 Å². The van der Waals surface area contributed by atoms with Gasteiger partial charge in [0.2, 0.25) is 0 Å². The molecule has 3 aromatic rings. The van der Waals surface area contributed by atoms with Crippen LogP contribution >= 0.6 is 0 Å². The van der Waals surface area contributed by atoms with Gasteiger partial charge in [0, 0.05) is 11.5 Å². The second kappa shape index (κ2) is 11.5. The van der Waals surface area contributed by atoms with Crippen molar-refractivity contribution < 1.29 is 19.0 Å². The molecule has 5 rings (SSSR count). The number of rotatable bonds is 8. The van der Waals surface area contributed by atoms with E-state index in [1.165, 1.54) is 5.57 Å². The van der Waals surface area contributed by atoms with Gasteiger partial charge in [0.05, 0.1) is 32.1 Å². The van der Waals surface area contributed by atoms with Crippen molar-refractivity contribution in [1.29, 1.82) is 0 Å². The monoisotopic (exact) mass is 510 g/mol. The third kappa shape index (κ3) is 5.30. The van der Waals surface area contributed by atoms with Gasteiger partial charge in [0.15, 0.2) is 0 Å². The molecule has 2 aliphatic rings. The second-order valence-corrected chi connectivity index (χ2v) is 9.48. The van der Waals surface area contributed by atoms with E-state index in [1.807, 2.05) is 50.2 Å². The highest BCUT2D eigenvalue weighted by molar-refractivity contribution is 6.09. The number of benzene rings is 3. The van der Waals surface area contributed by atoms with Crippen LogP contribution in [-0.2, 0) is 0 Å². The molecular formula is C32H34N2O4. The summed E-state index contributed by atoms with van der Waals surface area (Å²) >= 11 is 0. The van der Waals surface area contributed by atoms with Gasteiger partial charge in [-0.1, -0.05) is 24.3 Å². The van der Waals surface area contributed by atoms with Crippen LogP contribution in [0.1, 0.15) is 60.6 Å². The summed E-state index contributed by atoms with van der Waals surface area (Å²) in [7, 11) is 1.62. The van der Waals surface area contributed by atoms with Crippen molar-refractivity contribution in [3.05, 3.63) is 95.1 Å². The van der Waals surface area contributed by atoms with Gasteiger partial charge in [-0.25, -0.2) is 5.01 Å². The first kappa shape index (κ1) is 25.6. The normalized spacial score (nSPS) is 19.6. The average molecular weight is 511 g/mol. The van der Waals surface area contributed by atoms with Crippen molar-refractivity contribution >= 4 is 17.7 Å². The number of fused-ring (bicyclic) bond motifs is 1. The Morgan fingerprint density at radius 1 is 0.895 bits per heavy atom. The summed E-state index contributed by atoms with van der Waals surface area (Å²) in [4.78, 5) is 13.8. The topological polar surface area (TPSA) is 60.4 Å². The number of methoxy groups -OCH3 is 1. The van der Waals surface area contributed by atoms with Crippen LogP contribution in [0.3, 0.4) is 0 Å². The standard InChI is InChI=1S/C32H34N2O4/c1-4-37-27-15-9-22(10-16-27)21-25-7-6-8-29-30(25)33-34(32(35)24-13-17-26(36-3)18-14-24)31(29)23-11-19-28(20-12-23)38-5-2/h9-21,29,31H,4-8H2,1-3H3. The van der Waals surface area contributed by atoms with Gasteiger partial charge in [0.25, 0.3) is 5.91 Å². The van der Waals surface area contributed by atoms with E-state index >= 15 is 0 Å². The fourth-order valence-corrected chi connectivity index (χ4v) is 5.32. The Labute approximate surface area is 224 Å². The number of hydrazone groups is 1. The van der Waals surface area contributed by atoms with E-state index in [9.17, 15) is 4.79 Å². The Balaban J connectivity index is 1.51. The third-order valence-corrected chi connectivity index (χ3v) is 7.11. The van der Waals surface area contributed by atoms with E-state index in [-0.39, 0.29) is 17.9 Å². The van der Waals surface area contributed by atoms with Crippen molar-refractivity contribution in [1.82, 2.24) is 5.01 Å². The molecule has 1 aliphatic heterocycles. The molecule has 0 N–H and O–H groups in total. The number of amides is 1. The molecule has 0 bridgehead atoms. The Bertz CT molecular complexity index is 1310. The zero-order valence-electron chi connectivity index (χ0n) is 22.2. The first-order valence-corrected chi connectivity index (χ1v) is 13.3. The van der Waals surface area contributed by atoms with Crippen LogP contribution in [0, 0.1) is 5.92 Å². The SMILES string of the molecule is CCOc1ccc(C=C2CCCC3C2=NN(C(=O)c2ccc(OC)cc2)C3c2ccc(OCC)cc2)cc1. The number of hydrogen-bond acceptors (Lipinski definition) is 5. The quantitative estimate of drug-likeness (QED) is 0.330. The van der Waals surface area contributed by atoms with Gasteiger partial charge >= 0.3 is 0 Å². The molecule has 1 amide bonds. The van der Waals surface area contributed by atoms with Crippen LogP contribution in [-0.4, -0.2) is 37.0 Å². The maximum atomic E-state index is 13.8. The van der Waals surface area contributed by atoms with Crippen LogP contribution in [0.15, 0.2) is 83.5 Å². The Morgan fingerprint density at radius 3 is 2.11 bits per heavy atom. The lowest BCUT2D eigenvalue weighted by atomic mass is 9.77. The first-order valence-electron chi connectivity index (χ1n) is 13.3. The summed E-state index contributed by atoms with van der Waals surface area (Å²) in [6, 6.07) is 23.3. The van der Waals surface area contributed by atoms with Crippen molar-refractivity contribution in [3.8, 4) is 17.2 Å². The van der Waals surface area contributed by atoms with Crippen molar-refractivity contribution in [3.63, 3.8) is 0 Å². The molecule has 38 heavy (non-hydrogen) atoms. The molecule has 1 fully saturated rings. The Morgan fingerprint density at radius 2 is 1.50 bits per heavy atom. The molecule has 1 saturated carbocycles. The van der Waals surface area contributed by atoms with E-state index in [4.69, 9.17) is 19.3 Å². The van der Waals surface area contributed by atoms with Gasteiger partial charge in [0.1, 0.15) is 17.2 Å². The van der Waals surface area contributed by atoms with Gasteiger partial charge in [-0.15, -0.1) is 0 Å². The predicted octanol–water partition coefficient (Wildman–Crippen LogP) is 6.93. The number of hydrogen-bond donors (Lipinski definition) is 0. The number of ether oxygens (including phenoxy) is 3. The molecule has 2 atom stereocenters. The molecule has 0 spiro atoms. The van der Waals surface area contributed by atoms with Gasteiger partial charge in [-0.05, 0) is 104 Å². The minimum Gasteiger partial charge on any atom is -0.497 e. The molecule has 2 unspecified atom stereocenters. The Hall–Kier alpha value is -4.06. The Kier molecular flexibility index (Phi) is 7.78. The van der Waals surface area contributed by atoms with E-state index in [1.54, 1.807) is 24.3 Å². The molecule has 1 heterocycles. The maximum absolute atomic E-state index is 13.8. The summed E-state index contributed by atoms with van der Waals surface area (Å²) in [6.45, 7) is 5.21. The number of carbonyl (C=O) groups is 1. The fraction of sp³-hybridized carbons (Fsp3) is 0.312. The summed E-state index contributed by atoms with van der Waals surface area (Å²) in [5, 5.41) is 6.70. The first-order chi connectivity index (χ1) is 18.6. The third-order valence-electron chi connectivity index (χ3n) is 7.11. The number of carbonyl (C=O) groups excluding carboxylic acids is 1. The lowest BCUT2D eigenvalue weighted by Gasteiger charge is -2.30. The zero-order valence-corrected chi connectivity index (χ0v) is 22.2. The molecular weight excluding hydrogens is 476 g/mol. The fourth-order valence-electron chi connectivity index (χ4n) is 5.32. The summed E-state index contributed by atoms with van der Waals surface area (Å²) in [6.07, 6.45) is 5.16. The van der Waals surface area contributed by atoms with Crippen LogP contribution < -0.4 is 14.2 Å². The molecule has 1 aliphatic carbocycles. The lowest BCUT2D eigenvalue weighted by Crippen LogP contribution is -2.31. The summed E-state index contributed by atoms with van der Waals surface area (Å²) < 4.78 is 16.5. The van der Waals surface area contributed by atoms with Crippen molar-refractivity contribution in [2.45, 2.75) is 39.2 Å². The highest BCUT2D eigenvalue weighted by Gasteiger charge is 2.44. The zero-order chi connectivity index (χ0) is 26.5. The minimum absolute atomic E-state index is 0.117. The van der Waals surface area contributed by atoms with Gasteiger partial charge < -0.3 is 14.2 Å². The molecule has 0 radical (unpaired) electrons. The largest absolute Gasteiger partial charge is 0.497 e. The second-order valence-electron chi connectivity index (χ2n) is 9.48. The van der Waals surface area contributed by atoms with E-state index in [0.29, 0.717) is 24.5 Å². The van der Waals surface area contributed by atoms with E-state index in [2.05, 4.69) is 30.3 Å². The van der Waals surface area contributed by atoms with E-state index < -0.39 is 0 Å². The molecule has 6 heteroatoms. The number of allylic oxidation sites excluding steroid dienone is 1. The molecule has 196 valence electrons. The van der Waals surface area contributed by atoms with Crippen LogP contribution in [0.5, 0.6) is 17.2 Å². The lowest BCUT2D eigenvalue weighted by molar-refractivity contribution is 0.0681. The van der Waals surface area contributed by atoms with Crippen molar-refractivity contribution in [2.24, 2.45) is 11.0 Å². The van der Waals surface area contributed by atoms with E-state index in [0.717, 1.165) is 47.6 Å². The predicted molar refractivity (Wildman–Crippen MR) is 150 cm³/mol. The highest BCUT2D eigenvalue weighted by Crippen LogP contribution is 2.45. The smallest absolute Gasteiger partial charge is 0.274 e. The summed E-state index contributed by atoms with van der Waals surface area (Å²) in [5.41, 5.74) is 4.93. The minimum atomic E-state index is -0.181. The van der Waals surface area contributed by atoms with Crippen LogP contribution in [0.2, 0.25) is 0 Å². The molecule has 0 aromatic heterocycles. The number of nitrogens with zero attached hydrogens (tertiary/aromatic N) is 2.